The molecular formula is C15H17NO. The van der Waals surface area contributed by atoms with Gasteiger partial charge in [0.15, 0.2) is 0 Å². The molecule has 2 N–H and O–H groups in total. The van der Waals surface area contributed by atoms with E-state index in [9.17, 15) is 0 Å². The summed E-state index contributed by atoms with van der Waals surface area (Å²) in [6.07, 6.45) is 5.25. The second-order valence-electron chi connectivity index (χ2n) is 4.74. The van der Waals surface area contributed by atoms with Gasteiger partial charge in [0.2, 0.25) is 0 Å². The SMILES string of the molecule is NC(c1ccco1)C1CCCc2ccccc21. The number of hydrogen-bond acceptors (Lipinski definition) is 2. The summed E-state index contributed by atoms with van der Waals surface area (Å²) >= 11 is 0. The predicted octanol–water partition coefficient (Wildman–Crippen LogP) is 3.40. The molecule has 1 aliphatic rings. The molecule has 1 aliphatic carbocycles. The number of rotatable bonds is 2. The van der Waals surface area contributed by atoms with E-state index in [0.29, 0.717) is 5.92 Å². The lowest BCUT2D eigenvalue weighted by atomic mass is 9.78. The van der Waals surface area contributed by atoms with Gasteiger partial charge in [-0.05, 0) is 42.5 Å². The number of nitrogens with two attached hydrogens (primary N) is 1. The highest BCUT2D eigenvalue weighted by Gasteiger charge is 2.27. The van der Waals surface area contributed by atoms with Crippen LogP contribution in [0.15, 0.2) is 47.1 Å². The summed E-state index contributed by atoms with van der Waals surface area (Å²) in [4.78, 5) is 0. The lowest BCUT2D eigenvalue weighted by molar-refractivity contribution is 0.395. The lowest BCUT2D eigenvalue weighted by Gasteiger charge is -2.29. The quantitative estimate of drug-likeness (QED) is 0.854. The van der Waals surface area contributed by atoms with E-state index in [0.717, 1.165) is 12.2 Å². The van der Waals surface area contributed by atoms with Crippen molar-refractivity contribution < 1.29 is 4.42 Å². The summed E-state index contributed by atoms with van der Waals surface area (Å²) in [5, 5.41) is 0. The van der Waals surface area contributed by atoms with E-state index in [4.69, 9.17) is 10.2 Å². The van der Waals surface area contributed by atoms with Gasteiger partial charge >= 0.3 is 0 Å². The number of furan rings is 1. The maximum atomic E-state index is 6.34. The van der Waals surface area contributed by atoms with Gasteiger partial charge in [-0.1, -0.05) is 24.3 Å². The molecule has 0 aliphatic heterocycles. The minimum Gasteiger partial charge on any atom is -0.468 e. The fourth-order valence-electron chi connectivity index (χ4n) is 2.84. The highest BCUT2D eigenvalue weighted by molar-refractivity contribution is 5.34. The van der Waals surface area contributed by atoms with E-state index in [1.807, 2.05) is 12.1 Å². The van der Waals surface area contributed by atoms with Crippen LogP contribution in [-0.2, 0) is 6.42 Å². The van der Waals surface area contributed by atoms with Crippen LogP contribution in [0.5, 0.6) is 0 Å². The third-order valence-corrected chi connectivity index (χ3v) is 3.72. The molecule has 0 fully saturated rings. The van der Waals surface area contributed by atoms with Crippen LogP contribution in [0.2, 0.25) is 0 Å². The van der Waals surface area contributed by atoms with Crippen molar-refractivity contribution in [3.63, 3.8) is 0 Å². The minimum atomic E-state index is -0.0218. The molecule has 2 heteroatoms. The van der Waals surface area contributed by atoms with Gasteiger partial charge in [-0.25, -0.2) is 0 Å². The van der Waals surface area contributed by atoms with Gasteiger partial charge in [0.25, 0.3) is 0 Å². The standard InChI is InChI=1S/C15H17NO/c16-15(14-9-4-10-17-14)13-8-3-6-11-5-1-2-7-12(11)13/h1-2,4-5,7,9-10,13,15H,3,6,8,16H2. The van der Waals surface area contributed by atoms with Crippen LogP contribution in [0, 0.1) is 0 Å². The molecule has 2 aromatic rings. The molecule has 2 unspecified atom stereocenters. The Morgan fingerprint density at radius 1 is 1.18 bits per heavy atom. The molecule has 88 valence electrons. The van der Waals surface area contributed by atoms with Crippen molar-refractivity contribution in [2.75, 3.05) is 0 Å². The van der Waals surface area contributed by atoms with E-state index in [-0.39, 0.29) is 6.04 Å². The number of aryl methyl sites for hydroxylation is 1. The molecule has 17 heavy (non-hydrogen) atoms. The number of hydrogen-bond donors (Lipinski definition) is 1. The maximum absolute atomic E-state index is 6.34. The van der Waals surface area contributed by atoms with Crippen LogP contribution < -0.4 is 5.73 Å². The summed E-state index contributed by atoms with van der Waals surface area (Å²) in [7, 11) is 0. The summed E-state index contributed by atoms with van der Waals surface area (Å²) < 4.78 is 5.44. The first-order chi connectivity index (χ1) is 8.36. The van der Waals surface area contributed by atoms with Crippen molar-refractivity contribution in [3.8, 4) is 0 Å². The molecule has 0 amide bonds. The summed E-state index contributed by atoms with van der Waals surface area (Å²) in [6, 6.07) is 12.5. The summed E-state index contributed by atoms with van der Waals surface area (Å²) in [5.74, 6) is 1.29. The fraction of sp³-hybridized carbons (Fsp3) is 0.333. The fourth-order valence-corrected chi connectivity index (χ4v) is 2.84. The first kappa shape index (κ1) is 10.6. The second kappa shape index (κ2) is 4.38. The Morgan fingerprint density at radius 2 is 2.06 bits per heavy atom. The topological polar surface area (TPSA) is 39.2 Å². The molecule has 0 spiro atoms. The van der Waals surface area contributed by atoms with Crippen LogP contribution in [0.3, 0.4) is 0 Å². The number of benzene rings is 1. The Balaban J connectivity index is 1.95. The van der Waals surface area contributed by atoms with E-state index in [1.165, 1.54) is 24.0 Å². The zero-order valence-corrected chi connectivity index (χ0v) is 9.80. The maximum Gasteiger partial charge on any atom is 0.121 e. The van der Waals surface area contributed by atoms with Crippen molar-refractivity contribution in [3.05, 3.63) is 59.5 Å². The lowest BCUT2D eigenvalue weighted by Crippen LogP contribution is -2.23. The Morgan fingerprint density at radius 3 is 2.88 bits per heavy atom. The number of fused-ring (bicyclic) bond motifs is 1. The zero-order valence-electron chi connectivity index (χ0n) is 9.80. The molecule has 0 saturated carbocycles. The second-order valence-corrected chi connectivity index (χ2v) is 4.74. The van der Waals surface area contributed by atoms with E-state index >= 15 is 0 Å². The van der Waals surface area contributed by atoms with Crippen LogP contribution in [0.25, 0.3) is 0 Å². The van der Waals surface area contributed by atoms with Crippen LogP contribution in [-0.4, -0.2) is 0 Å². The van der Waals surface area contributed by atoms with Gasteiger partial charge in [-0.15, -0.1) is 0 Å². The molecule has 1 aromatic carbocycles. The molecular weight excluding hydrogens is 210 g/mol. The normalized spacial score (nSPS) is 20.9. The van der Waals surface area contributed by atoms with E-state index in [2.05, 4.69) is 24.3 Å². The minimum absolute atomic E-state index is 0.0218. The van der Waals surface area contributed by atoms with Crippen LogP contribution in [0.1, 0.15) is 41.7 Å². The zero-order chi connectivity index (χ0) is 11.7. The Hall–Kier alpha value is -1.54. The van der Waals surface area contributed by atoms with Gasteiger partial charge in [-0.3, -0.25) is 0 Å². The smallest absolute Gasteiger partial charge is 0.121 e. The van der Waals surface area contributed by atoms with E-state index < -0.39 is 0 Å². The average Bonchev–Trinajstić information content (AvgIpc) is 2.91. The van der Waals surface area contributed by atoms with Crippen molar-refractivity contribution in [1.82, 2.24) is 0 Å². The van der Waals surface area contributed by atoms with Gasteiger partial charge in [-0.2, -0.15) is 0 Å². The van der Waals surface area contributed by atoms with Gasteiger partial charge < -0.3 is 10.2 Å². The predicted molar refractivity (Wildman–Crippen MR) is 67.8 cm³/mol. The monoisotopic (exact) mass is 227 g/mol. The Bertz CT molecular complexity index is 489. The first-order valence-electron chi connectivity index (χ1n) is 6.23. The van der Waals surface area contributed by atoms with Crippen LogP contribution in [0.4, 0.5) is 0 Å². The molecule has 0 bridgehead atoms. The van der Waals surface area contributed by atoms with Gasteiger partial charge in [0, 0.05) is 5.92 Å². The van der Waals surface area contributed by atoms with Crippen molar-refractivity contribution in [2.45, 2.75) is 31.2 Å². The molecule has 2 atom stereocenters. The highest BCUT2D eigenvalue weighted by Crippen LogP contribution is 2.38. The van der Waals surface area contributed by atoms with Gasteiger partial charge in [0.05, 0.1) is 12.3 Å². The Labute approximate surface area is 101 Å². The average molecular weight is 227 g/mol. The summed E-state index contributed by atoms with van der Waals surface area (Å²) in [6.45, 7) is 0. The van der Waals surface area contributed by atoms with Crippen molar-refractivity contribution >= 4 is 0 Å². The first-order valence-corrected chi connectivity index (χ1v) is 6.23. The molecule has 0 saturated heterocycles. The highest BCUT2D eigenvalue weighted by atomic mass is 16.3. The molecule has 1 heterocycles. The Kier molecular flexibility index (Phi) is 2.73. The third kappa shape index (κ3) is 1.89. The molecule has 1 aromatic heterocycles. The van der Waals surface area contributed by atoms with Gasteiger partial charge in [0.1, 0.15) is 5.76 Å². The van der Waals surface area contributed by atoms with Crippen LogP contribution >= 0.6 is 0 Å². The van der Waals surface area contributed by atoms with Crippen molar-refractivity contribution in [2.24, 2.45) is 5.73 Å². The molecule has 2 nitrogen and oxygen atoms in total. The third-order valence-electron chi connectivity index (χ3n) is 3.72. The van der Waals surface area contributed by atoms with E-state index in [1.54, 1.807) is 6.26 Å². The molecule has 3 rings (SSSR count). The summed E-state index contributed by atoms with van der Waals surface area (Å²) in [5.41, 5.74) is 9.19. The molecule has 0 radical (unpaired) electrons. The van der Waals surface area contributed by atoms with Crippen molar-refractivity contribution in [1.29, 1.82) is 0 Å². The largest absolute Gasteiger partial charge is 0.468 e.